The molecule has 1 aliphatic carbocycles. The highest BCUT2D eigenvalue weighted by atomic mass is 32.2. The molecular weight excluding hydrogens is 397 g/mol. The van der Waals surface area contributed by atoms with Gasteiger partial charge in [0.25, 0.3) is 0 Å². The minimum atomic E-state index is -4.25. The first-order valence-corrected chi connectivity index (χ1v) is 11.3. The summed E-state index contributed by atoms with van der Waals surface area (Å²) in [6, 6.07) is -0.781. The number of rotatable bonds is 8. The van der Waals surface area contributed by atoms with Crippen LogP contribution in [-0.4, -0.2) is 64.3 Å². The third kappa shape index (κ3) is 6.25. The normalized spacial score (nSPS) is 33.6. The van der Waals surface area contributed by atoms with Gasteiger partial charge in [0.2, 0.25) is 10.0 Å². The van der Waals surface area contributed by atoms with Crippen molar-refractivity contribution >= 4 is 10.0 Å². The fourth-order valence-electron chi connectivity index (χ4n) is 4.00. The summed E-state index contributed by atoms with van der Waals surface area (Å²) in [5, 5.41) is 4.87. The highest BCUT2D eigenvalue weighted by molar-refractivity contribution is 7.90. The number of hydrogen-bond acceptors (Lipinski definition) is 7. The molecule has 0 spiro atoms. The van der Waals surface area contributed by atoms with Gasteiger partial charge in [-0.1, -0.05) is 6.42 Å². The summed E-state index contributed by atoms with van der Waals surface area (Å²) in [5.74, 6) is -1.34. The SMILES string of the molecule is NCC1CCCC(NS(=O)(=O)C(CN)CNC2CC(C(F)(F)F)CCN2)C1N. The van der Waals surface area contributed by atoms with Crippen molar-refractivity contribution in [3.8, 4) is 0 Å². The van der Waals surface area contributed by atoms with E-state index in [9.17, 15) is 21.6 Å². The summed E-state index contributed by atoms with van der Waals surface area (Å²) < 4.78 is 66.9. The van der Waals surface area contributed by atoms with E-state index in [4.69, 9.17) is 17.2 Å². The van der Waals surface area contributed by atoms with E-state index in [1.54, 1.807) is 0 Å². The molecule has 6 atom stereocenters. The van der Waals surface area contributed by atoms with E-state index in [1.807, 2.05) is 0 Å². The van der Waals surface area contributed by atoms with Gasteiger partial charge in [-0.3, -0.25) is 0 Å². The first-order chi connectivity index (χ1) is 13.1. The number of nitrogens with two attached hydrogens (primary N) is 3. The van der Waals surface area contributed by atoms with Gasteiger partial charge in [-0.05, 0) is 44.7 Å². The Balaban J connectivity index is 1.92. The van der Waals surface area contributed by atoms with Crippen LogP contribution in [0.1, 0.15) is 32.1 Å². The molecule has 0 aromatic heterocycles. The average Bonchev–Trinajstić information content (AvgIpc) is 2.63. The first kappa shape index (κ1) is 23.8. The molecule has 2 rings (SSSR count). The number of piperidine rings is 1. The highest BCUT2D eigenvalue weighted by Crippen LogP contribution is 2.33. The van der Waals surface area contributed by atoms with Crippen molar-refractivity contribution in [3.63, 3.8) is 0 Å². The van der Waals surface area contributed by atoms with Gasteiger partial charge in [0.15, 0.2) is 0 Å². The largest absolute Gasteiger partial charge is 0.391 e. The lowest BCUT2D eigenvalue weighted by atomic mass is 9.82. The van der Waals surface area contributed by atoms with Crippen LogP contribution < -0.4 is 32.6 Å². The van der Waals surface area contributed by atoms with E-state index in [1.165, 1.54) is 0 Å². The van der Waals surface area contributed by atoms with E-state index in [-0.39, 0.29) is 44.4 Å². The molecule has 1 aliphatic heterocycles. The van der Waals surface area contributed by atoms with Crippen molar-refractivity contribution < 1.29 is 21.6 Å². The lowest BCUT2D eigenvalue weighted by Gasteiger charge is -2.36. The fourth-order valence-corrected chi connectivity index (χ4v) is 5.46. The number of sulfonamides is 1. The molecule has 2 aliphatic rings. The van der Waals surface area contributed by atoms with Crippen LogP contribution in [0.4, 0.5) is 13.2 Å². The summed E-state index contributed by atoms with van der Waals surface area (Å²) in [5.41, 5.74) is 17.5. The van der Waals surface area contributed by atoms with Crippen LogP contribution in [-0.2, 0) is 10.0 Å². The van der Waals surface area contributed by atoms with Crippen LogP contribution in [0.2, 0.25) is 0 Å². The molecule has 0 aromatic rings. The molecule has 0 bridgehead atoms. The second-order valence-electron chi connectivity index (χ2n) is 7.81. The van der Waals surface area contributed by atoms with Gasteiger partial charge < -0.3 is 27.8 Å². The number of nitrogens with one attached hydrogen (secondary N) is 3. The van der Waals surface area contributed by atoms with Crippen molar-refractivity contribution in [2.75, 3.05) is 26.2 Å². The van der Waals surface area contributed by atoms with Gasteiger partial charge in [0.05, 0.1) is 12.1 Å². The van der Waals surface area contributed by atoms with Crippen molar-refractivity contribution in [1.82, 2.24) is 15.4 Å². The van der Waals surface area contributed by atoms with Crippen LogP contribution in [0, 0.1) is 11.8 Å². The zero-order valence-corrected chi connectivity index (χ0v) is 16.7. The summed E-state index contributed by atoms with van der Waals surface area (Å²) in [7, 11) is -3.79. The smallest absolute Gasteiger partial charge is 0.330 e. The maximum Gasteiger partial charge on any atom is 0.391 e. The van der Waals surface area contributed by atoms with Crippen molar-refractivity contribution in [2.24, 2.45) is 29.0 Å². The Morgan fingerprint density at radius 2 is 1.89 bits per heavy atom. The minimum Gasteiger partial charge on any atom is -0.330 e. The van der Waals surface area contributed by atoms with Crippen LogP contribution in [0.25, 0.3) is 0 Å². The molecule has 1 saturated carbocycles. The predicted octanol–water partition coefficient (Wildman–Crippen LogP) is -0.835. The quantitative estimate of drug-likeness (QED) is 0.294. The summed E-state index contributed by atoms with van der Waals surface area (Å²) in [6.07, 6.45) is -2.66. The molecule has 6 unspecified atom stereocenters. The van der Waals surface area contributed by atoms with Gasteiger partial charge in [-0.2, -0.15) is 13.2 Å². The third-order valence-electron chi connectivity index (χ3n) is 5.88. The maximum absolute atomic E-state index is 12.9. The van der Waals surface area contributed by atoms with E-state index in [0.29, 0.717) is 13.0 Å². The average molecular weight is 431 g/mol. The van der Waals surface area contributed by atoms with Crippen LogP contribution in [0.5, 0.6) is 0 Å². The standard InChI is InChI=1S/C16H33F3N6O2S/c17-16(18,19)11-4-5-23-14(6-11)24-9-12(8-21)28(26,27)25-13-3-1-2-10(7-20)15(13)22/h10-15,23-25H,1-9,20-22H2. The van der Waals surface area contributed by atoms with Crippen LogP contribution in [0.3, 0.4) is 0 Å². The number of halogens is 3. The third-order valence-corrected chi connectivity index (χ3v) is 7.75. The molecule has 2 fully saturated rings. The zero-order chi connectivity index (χ0) is 20.9. The van der Waals surface area contributed by atoms with Gasteiger partial charge in [0, 0.05) is 25.2 Å². The lowest BCUT2D eigenvalue weighted by molar-refractivity contribution is -0.183. The van der Waals surface area contributed by atoms with E-state index in [0.717, 1.165) is 12.8 Å². The summed E-state index contributed by atoms with van der Waals surface area (Å²) >= 11 is 0. The Morgan fingerprint density at radius 1 is 1.18 bits per heavy atom. The van der Waals surface area contributed by atoms with Gasteiger partial charge >= 0.3 is 6.18 Å². The molecule has 1 saturated heterocycles. The second-order valence-corrected chi connectivity index (χ2v) is 9.80. The molecule has 28 heavy (non-hydrogen) atoms. The van der Waals surface area contributed by atoms with E-state index in [2.05, 4.69) is 15.4 Å². The van der Waals surface area contributed by atoms with Crippen LogP contribution in [0.15, 0.2) is 0 Å². The molecule has 0 aromatic carbocycles. The van der Waals surface area contributed by atoms with Crippen molar-refractivity contribution in [2.45, 2.75) is 61.8 Å². The van der Waals surface area contributed by atoms with Crippen LogP contribution >= 0.6 is 0 Å². The first-order valence-electron chi connectivity index (χ1n) is 9.78. The molecule has 12 heteroatoms. The molecule has 0 radical (unpaired) electrons. The van der Waals surface area contributed by atoms with E-state index < -0.39 is 39.6 Å². The highest BCUT2D eigenvalue weighted by Gasteiger charge is 2.42. The monoisotopic (exact) mass is 430 g/mol. The maximum atomic E-state index is 12.9. The van der Waals surface area contributed by atoms with Crippen molar-refractivity contribution in [1.29, 1.82) is 0 Å². The van der Waals surface area contributed by atoms with Gasteiger partial charge in [-0.25, -0.2) is 13.1 Å². The Bertz CT molecular complexity index is 591. The molecule has 166 valence electrons. The lowest BCUT2D eigenvalue weighted by Crippen LogP contribution is -2.59. The second kappa shape index (κ2) is 10.0. The summed E-state index contributed by atoms with van der Waals surface area (Å²) in [4.78, 5) is 0. The molecular formula is C16H33F3N6O2S. The molecule has 8 nitrogen and oxygen atoms in total. The Labute approximate surface area is 164 Å². The number of alkyl halides is 3. The zero-order valence-electron chi connectivity index (χ0n) is 15.9. The Kier molecular flexibility index (Phi) is 8.50. The van der Waals surface area contributed by atoms with Gasteiger partial charge in [-0.15, -0.1) is 0 Å². The Morgan fingerprint density at radius 3 is 2.50 bits per heavy atom. The Hall–Kier alpha value is -0.500. The molecule has 9 N–H and O–H groups in total. The predicted molar refractivity (Wildman–Crippen MR) is 102 cm³/mol. The fraction of sp³-hybridized carbons (Fsp3) is 1.00. The van der Waals surface area contributed by atoms with Gasteiger partial charge in [0.1, 0.15) is 5.25 Å². The minimum absolute atomic E-state index is 0.0176. The molecule has 1 heterocycles. The number of hydrogen-bond donors (Lipinski definition) is 6. The van der Waals surface area contributed by atoms with E-state index >= 15 is 0 Å². The topological polar surface area (TPSA) is 148 Å². The molecule has 0 amide bonds. The van der Waals surface area contributed by atoms with Crippen molar-refractivity contribution in [3.05, 3.63) is 0 Å². The summed E-state index contributed by atoms with van der Waals surface area (Å²) in [6.45, 7) is 0.420.